The summed E-state index contributed by atoms with van der Waals surface area (Å²) >= 11 is 0. The molecular weight excluding hydrogens is 342 g/mol. The Kier molecular flexibility index (Phi) is 7.50. The molecule has 1 aromatic carbocycles. The number of benzene rings is 1. The second-order valence-corrected chi connectivity index (χ2v) is 7.51. The largest absolute Gasteiger partial charge is 0.381 e. The maximum atomic E-state index is 12.5. The highest BCUT2D eigenvalue weighted by molar-refractivity contribution is 5.74. The molecule has 2 N–H and O–H groups in total. The average molecular weight is 376 g/mol. The molecule has 0 spiro atoms. The first-order valence-corrected chi connectivity index (χ1v) is 10.2. The summed E-state index contributed by atoms with van der Waals surface area (Å²) in [6.45, 7) is 9.78. The molecule has 0 aromatic heterocycles. The Labute approximate surface area is 162 Å². The third-order valence-corrected chi connectivity index (χ3v) is 5.73. The molecule has 2 amide bonds. The zero-order valence-electron chi connectivity index (χ0n) is 16.6. The van der Waals surface area contributed by atoms with E-state index >= 15 is 0 Å². The van der Waals surface area contributed by atoms with Crippen LogP contribution in [-0.4, -0.2) is 63.0 Å². The van der Waals surface area contributed by atoms with Crippen LogP contribution < -0.4 is 10.6 Å². The van der Waals surface area contributed by atoms with Crippen LogP contribution in [0.1, 0.15) is 37.4 Å². The molecule has 2 aliphatic rings. The van der Waals surface area contributed by atoms with Crippen molar-refractivity contribution in [3.8, 4) is 0 Å². The van der Waals surface area contributed by atoms with Gasteiger partial charge in [0.05, 0.1) is 25.9 Å². The minimum atomic E-state index is -0.112. The lowest BCUT2D eigenvalue weighted by molar-refractivity contribution is 0.00211. The van der Waals surface area contributed by atoms with E-state index in [0.29, 0.717) is 18.5 Å². The number of aryl methyl sites for hydroxylation is 1. The van der Waals surface area contributed by atoms with Crippen molar-refractivity contribution in [2.45, 2.75) is 38.8 Å². The Balaban J connectivity index is 1.51. The zero-order valence-corrected chi connectivity index (χ0v) is 16.6. The number of carbonyl (C=O) groups is 1. The van der Waals surface area contributed by atoms with Gasteiger partial charge in [-0.2, -0.15) is 0 Å². The molecule has 3 rings (SSSR count). The van der Waals surface area contributed by atoms with E-state index < -0.39 is 0 Å². The van der Waals surface area contributed by atoms with Gasteiger partial charge in [0.25, 0.3) is 0 Å². The molecule has 0 bridgehead atoms. The minimum absolute atomic E-state index is 0.0208. The summed E-state index contributed by atoms with van der Waals surface area (Å²) in [4.78, 5) is 14.9. The number of rotatable bonds is 7. The predicted molar refractivity (Wildman–Crippen MR) is 106 cm³/mol. The van der Waals surface area contributed by atoms with Gasteiger partial charge in [-0.3, -0.25) is 4.90 Å². The molecule has 6 nitrogen and oxygen atoms in total. The molecule has 2 heterocycles. The number of hydrogen-bond acceptors (Lipinski definition) is 4. The van der Waals surface area contributed by atoms with Crippen molar-refractivity contribution in [2.75, 3.05) is 46.1 Å². The van der Waals surface area contributed by atoms with Gasteiger partial charge in [0.15, 0.2) is 0 Å². The van der Waals surface area contributed by atoms with Crippen LogP contribution in [0.5, 0.6) is 0 Å². The first kappa shape index (κ1) is 20.1. The number of nitrogens with zero attached hydrogens (tertiary/aromatic N) is 1. The van der Waals surface area contributed by atoms with Crippen LogP contribution in [0.2, 0.25) is 0 Å². The van der Waals surface area contributed by atoms with Gasteiger partial charge in [-0.05, 0) is 30.9 Å². The van der Waals surface area contributed by atoms with Gasteiger partial charge >= 0.3 is 6.03 Å². The van der Waals surface area contributed by atoms with Gasteiger partial charge in [-0.1, -0.05) is 31.2 Å². The highest BCUT2D eigenvalue weighted by Crippen LogP contribution is 2.22. The zero-order chi connectivity index (χ0) is 19.1. The van der Waals surface area contributed by atoms with Crippen molar-refractivity contribution in [3.05, 3.63) is 35.4 Å². The lowest BCUT2D eigenvalue weighted by Crippen LogP contribution is -2.53. The average Bonchev–Trinajstić information content (AvgIpc) is 3.23. The summed E-state index contributed by atoms with van der Waals surface area (Å²) < 4.78 is 11.1. The second kappa shape index (κ2) is 10.1. The minimum Gasteiger partial charge on any atom is -0.381 e. The van der Waals surface area contributed by atoms with Crippen LogP contribution in [-0.2, 0) is 15.9 Å². The van der Waals surface area contributed by atoms with Crippen LogP contribution in [0.4, 0.5) is 4.79 Å². The fraction of sp³-hybridized carbons (Fsp3) is 0.667. The van der Waals surface area contributed by atoms with E-state index in [4.69, 9.17) is 9.47 Å². The first-order valence-electron chi connectivity index (χ1n) is 10.2. The molecule has 0 radical (unpaired) electrons. The molecule has 2 fully saturated rings. The summed E-state index contributed by atoms with van der Waals surface area (Å²) in [5.74, 6) is 0.474. The van der Waals surface area contributed by atoms with Gasteiger partial charge < -0.3 is 20.1 Å². The van der Waals surface area contributed by atoms with Crippen molar-refractivity contribution in [1.29, 1.82) is 0 Å². The molecule has 3 unspecified atom stereocenters. The maximum Gasteiger partial charge on any atom is 0.315 e. The molecule has 2 saturated heterocycles. The fourth-order valence-corrected chi connectivity index (χ4v) is 3.93. The van der Waals surface area contributed by atoms with Crippen molar-refractivity contribution in [2.24, 2.45) is 5.92 Å². The lowest BCUT2D eigenvalue weighted by Gasteiger charge is -2.37. The quantitative estimate of drug-likeness (QED) is 0.768. The normalized spacial score (nSPS) is 23.0. The number of amides is 2. The molecule has 2 aliphatic heterocycles. The number of urea groups is 1. The van der Waals surface area contributed by atoms with Gasteiger partial charge in [0.1, 0.15) is 0 Å². The predicted octanol–water partition coefficient (Wildman–Crippen LogP) is 2.35. The van der Waals surface area contributed by atoms with E-state index in [2.05, 4.69) is 46.7 Å². The number of nitrogens with one attached hydrogen (secondary N) is 2. The molecule has 27 heavy (non-hydrogen) atoms. The van der Waals surface area contributed by atoms with Gasteiger partial charge in [0.2, 0.25) is 0 Å². The highest BCUT2D eigenvalue weighted by Gasteiger charge is 2.31. The molecule has 1 aromatic rings. The summed E-state index contributed by atoms with van der Waals surface area (Å²) in [6.07, 6.45) is 2.09. The van der Waals surface area contributed by atoms with Crippen LogP contribution in [0.25, 0.3) is 0 Å². The first-order chi connectivity index (χ1) is 13.2. The van der Waals surface area contributed by atoms with E-state index in [1.165, 1.54) is 5.56 Å². The van der Waals surface area contributed by atoms with Gasteiger partial charge in [-0.15, -0.1) is 0 Å². The third-order valence-electron chi connectivity index (χ3n) is 5.73. The van der Waals surface area contributed by atoms with E-state index in [1.54, 1.807) is 0 Å². The van der Waals surface area contributed by atoms with E-state index in [0.717, 1.165) is 57.9 Å². The van der Waals surface area contributed by atoms with E-state index in [-0.39, 0.29) is 12.1 Å². The molecule has 3 atom stereocenters. The van der Waals surface area contributed by atoms with E-state index in [1.807, 2.05) is 6.92 Å². The number of hydrogen-bond donors (Lipinski definition) is 2. The van der Waals surface area contributed by atoms with Crippen molar-refractivity contribution < 1.29 is 14.3 Å². The Bertz CT molecular complexity index is 581. The van der Waals surface area contributed by atoms with Crippen molar-refractivity contribution in [1.82, 2.24) is 15.5 Å². The Morgan fingerprint density at radius 3 is 2.56 bits per heavy atom. The van der Waals surface area contributed by atoms with Crippen molar-refractivity contribution >= 4 is 6.03 Å². The van der Waals surface area contributed by atoms with Crippen LogP contribution in [0, 0.1) is 5.92 Å². The van der Waals surface area contributed by atoms with Gasteiger partial charge in [-0.25, -0.2) is 4.79 Å². The van der Waals surface area contributed by atoms with Crippen molar-refractivity contribution in [3.63, 3.8) is 0 Å². The number of ether oxygens (including phenoxy) is 2. The maximum absolute atomic E-state index is 12.5. The lowest BCUT2D eigenvalue weighted by atomic mass is 9.97. The van der Waals surface area contributed by atoms with Crippen LogP contribution in [0.3, 0.4) is 0 Å². The monoisotopic (exact) mass is 375 g/mol. The molecule has 6 heteroatoms. The fourth-order valence-electron chi connectivity index (χ4n) is 3.93. The number of morpholine rings is 1. The van der Waals surface area contributed by atoms with Crippen LogP contribution >= 0.6 is 0 Å². The van der Waals surface area contributed by atoms with Crippen LogP contribution in [0.15, 0.2) is 24.3 Å². The Morgan fingerprint density at radius 2 is 1.93 bits per heavy atom. The third kappa shape index (κ3) is 5.67. The molecule has 0 saturated carbocycles. The molecule has 0 aliphatic carbocycles. The summed E-state index contributed by atoms with van der Waals surface area (Å²) in [6, 6.07) is 8.61. The van der Waals surface area contributed by atoms with E-state index in [9.17, 15) is 4.79 Å². The second-order valence-electron chi connectivity index (χ2n) is 7.51. The Morgan fingerprint density at radius 1 is 1.19 bits per heavy atom. The highest BCUT2D eigenvalue weighted by atomic mass is 16.5. The summed E-state index contributed by atoms with van der Waals surface area (Å²) in [7, 11) is 0. The topological polar surface area (TPSA) is 62.8 Å². The Hall–Kier alpha value is -1.63. The SMILES string of the molecule is CCc1ccc(C(C)NC(=O)NCC(C2CCOC2)N2CCOCC2)cc1. The summed E-state index contributed by atoms with van der Waals surface area (Å²) in [5.41, 5.74) is 2.43. The smallest absolute Gasteiger partial charge is 0.315 e. The van der Waals surface area contributed by atoms with Gasteiger partial charge in [0, 0.05) is 38.2 Å². The standard InChI is InChI=1S/C21H33N3O3/c1-3-17-4-6-18(7-5-17)16(2)23-21(25)22-14-20(19-8-11-27-15-19)24-9-12-26-13-10-24/h4-7,16,19-20H,3,8-15H2,1-2H3,(H2,22,23,25). The molecule has 150 valence electrons. The molecular formula is C21H33N3O3. The summed E-state index contributed by atoms with van der Waals surface area (Å²) in [5, 5.41) is 6.15. The number of carbonyl (C=O) groups excluding carboxylic acids is 1.